The van der Waals surface area contributed by atoms with Gasteiger partial charge in [0, 0.05) is 17.8 Å². The third kappa shape index (κ3) is 3.88. The number of nitrogen functional groups attached to an aromatic ring is 2. The van der Waals surface area contributed by atoms with Crippen LogP contribution in [0.4, 0.5) is 46.3 Å². The minimum Gasteiger partial charge on any atom is -0.492 e. The van der Waals surface area contributed by atoms with Crippen LogP contribution in [0.1, 0.15) is 0 Å². The van der Waals surface area contributed by atoms with E-state index in [4.69, 9.17) is 16.2 Å². The second kappa shape index (κ2) is 6.70. The standard InChI is InChI=1S/C15H15F4N7O/c1-27-13-8(16)2-7(20)3-9(13)24-12-4-10(23-6-15(17,18)19)14-22-5-11(21)26(14)25-12/h2-5,23H,6,20-21H2,1H3,(H,24,25). The van der Waals surface area contributed by atoms with E-state index in [-0.39, 0.29) is 40.1 Å². The Morgan fingerprint density at radius 3 is 2.59 bits per heavy atom. The highest BCUT2D eigenvalue weighted by atomic mass is 19.4. The summed E-state index contributed by atoms with van der Waals surface area (Å²) in [4.78, 5) is 3.94. The third-order valence-corrected chi connectivity index (χ3v) is 3.51. The average molecular weight is 385 g/mol. The van der Waals surface area contributed by atoms with E-state index in [1.54, 1.807) is 0 Å². The number of nitrogens with two attached hydrogens (primary N) is 2. The Balaban J connectivity index is 2.04. The number of rotatable bonds is 5. The van der Waals surface area contributed by atoms with Gasteiger partial charge in [0.1, 0.15) is 12.4 Å². The van der Waals surface area contributed by atoms with Gasteiger partial charge in [-0.05, 0) is 6.07 Å². The Morgan fingerprint density at radius 1 is 1.19 bits per heavy atom. The molecule has 27 heavy (non-hydrogen) atoms. The molecule has 0 spiro atoms. The Kier molecular flexibility index (Phi) is 4.56. The number of alkyl halides is 3. The molecule has 0 unspecified atom stereocenters. The van der Waals surface area contributed by atoms with Crippen LogP contribution in [0.2, 0.25) is 0 Å². The molecule has 6 N–H and O–H groups in total. The van der Waals surface area contributed by atoms with Crippen molar-refractivity contribution >= 4 is 34.3 Å². The summed E-state index contributed by atoms with van der Waals surface area (Å²) in [7, 11) is 1.26. The fourth-order valence-corrected chi connectivity index (χ4v) is 2.42. The Bertz CT molecular complexity index is 986. The van der Waals surface area contributed by atoms with Crippen LogP contribution in [0.25, 0.3) is 5.65 Å². The van der Waals surface area contributed by atoms with Gasteiger partial charge in [-0.1, -0.05) is 0 Å². The number of nitrogens with one attached hydrogen (secondary N) is 2. The number of aromatic nitrogens is 3. The molecule has 3 rings (SSSR count). The van der Waals surface area contributed by atoms with Crippen LogP contribution in [0.15, 0.2) is 24.4 Å². The summed E-state index contributed by atoms with van der Waals surface area (Å²) < 4.78 is 57.8. The van der Waals surface area contributed by atoms with E-state index in [0.29, 0.717) is 0 Å². The molecule has 2 heterocycles. The topological polar surface area (TPSA) is 116 Å². The summed E-state index contributed by atoms with van der Waals surface area (Å²) in [6.07, 6.45) is -3.18. The first-order valence-corrected chi connectivity index (χ1v) is 7.53. The van der Waals surface area contributed by atoms with Crippen LogP contribution < -0.4 is 26.8 Å². The van der Waals surface area contributed by atoms with Gasteiger partial charge in [-0.25, -0.2) is 9.37 Å². The van der Waals surface area contributed by atoms with Crippen molar-refractivity contribution in [3.05, 3.63) is 30.2 Å². The molecule has 0 aliphatic carbocycles. The van der Waals surface area contributed by atoms with E-state index >= 15 is 0 Å². The molecule has 0 fully saturated rings. The van der Waals surface area contributed by atoms with Crippen LogP contribution in [0.5, 0.6) is 5.75 Å². The summed E-state index contributed by atoms with van der Waals surface area (Å²) >= 11 is 0. The monoisotopic (exact) mass is 385 g/mol. The lowest BCUT2D eigenvalue weighted by Crippen LogP contribution is -2.22. The van der Waals surface area contributed by atoms with Crippen molar-refractivity contribution in [2.24, 2.45) is 0 Å². The molecule has 0 atom stereocenters. The summed E-state index contributed by atoms with van der Waals surface area (Å²) in [5.74, 6) is -0.664. The van der Waals surface area contributed by atoms with Gasteiger partial charge in [-0.3, -0.25) is 0 Å². The minimum absolute atomic E-state index is 0.0323. The van der Waals surface area contributed by atoms with Gasteiger partial charge in [-0.15, -0.1) is 5.10 Å². The molecule has 8 nitrogen and oxygen atoms in total. The molecule has 0 saturated heterocycles. The molecular formula is C15H15F4N7O. The quantitative estimate of drug-likeness (QED) is 0.394. The Labute approximate surface area is 150 Å². The summed E-state index contributed by atoms with van der Waals surface area (Å²) in [6.45, 7) is -1.28. The van der Waals surface area contributed by atoms with Gasteiger partial charge in [0.25, 0.3) is 0 Å². The van der Waals surface area contributed by atoms with Gasteiger partial charge in [0.15, 0.2) is 23.0 Å². The van der Waals surface area contributed by atoms with Crippen LogP contribution >= 0.6 is 0 Å². The number of hydrogen-bond donors (Lipinski definition) is 4. The minimum atomic E-state index is -4.44. The number of methoxy groups -OCH3 is 1. The molecule has 2 aromatic heterocycles. The molecule has 0 aliphatic rings. The van der Waals surface area contributed by atoms with Gasteiger partial charge in [0.2, 0.25) is 0 Å². The maximum absolute atomic E-state index is 14.0. The van der Waals surface area contributed by atoms with Crippen LogP contribution in [-0.2, 0) is 0 Å². The fraction of sp³-hybridized carbons (Fsp3) is 0.200. The van der Waals surface area contributed by atoms with Crippen molar-refractivity contribution in [1.29, 1.82) is 0 Å². The van der Waals surface area contributed by atoms with Crippen LogP contribution in [0.3, 0.4) is 0 Å². The molecule has 1 aromatic carbocycles. The first kappa shape index (κ1) is 18.4. The summed E-state index contributed by atoms with van der Waals surface area (Å²) in [6, 6.07) is 3.76. The normalized spacial score (nSPS) is 11.6. The van der Waals surface area contributed by atoms with Gasteiger partial charge < -0.3 is 26.8 Å². The van der Waals surface area contributed by atoms with Crippen molar-refractivity contribution in [2.75, 3.05) is 35.8 Å². The number of benzene rings is 1. The first-order valence-electron chi connectivity index (χ1n) is 7.53. The molecule has 12 heteroatoms. The highest BCUT2D eigenvalue weighted by Gasteiger charge is 2.27. The van der Waals surface area contributed by atoms with E-state index in [2.05, 4.69) is 20.7 Å². The maximum atomic E-state index is 14.0. The summed E-state index contributed by atoms with van der Waals surface area (Å²) in [5, 5.41) is 9.16. The number of imidazole rings is 1. The molecule has 0 radical (unpaired) electrons. The van der Waals surface area contributed by atoms with Crippen molar-refractivity contribution in [2.45, 2.75) is 6.18 Å². The lowest BCUT2D eigenvalue weighted by molar-refractivity contribution is -0.115. The smallest absolute Gasteiger partial charge is 0.405 e. The third-order valence-electron chi connectivity index (χ3n) is 3.51. The van der Waals surface area contributed by atoms with E-state index in [1.807, 2.05) is 0 Å². The van der Waals surface area contributed by atoms with Gasteiger partial charge in [-0.2, -0.15) is 17.7 Å². The SMILES string of the molecule is COc1c(F)cc(N)cc1Nc1cc(NCC(F)(F)F)c2ncc(N)n2n1. The van der Waals surface area contributed by atoms with Gasteiger partial charge >= 0.3 is 6.18 Å². The number of fused-ring (bicyclic) bond motifs is 1. The number of hydrogen-bond acceptors (Lipinski definition) is 7. The number of anilines is 5. The predicted molar refractivity (Wildman–Crippen MR) is 92.6 cm³/mol. The fourth-order valence-electron chi connectivity index (χ4n) is 2.42. The average Bonchev–Trinajstić information content (AvgIpc) is 2.93. The Morgan fingerprint density at radius 2 is 1.93 bits per heavy atom. The predicted octanol–water partition coefficient (Wildman–Crippen LogP) is 2.76. The van der Waals surface area contributed by atoms with Crippen molar-refractivity contribution in [3.8, 4) is 5.75 Å². The first-order chi connectivity index (χ1) is 12.7. The Hall–Kier alpha value is -3.44. The van der Waals surface area contributed by atoms with E-state index in [1.165, 1.54) is 25.4 Å². The highest BCUT2D eigenvalue weighted by molar-refractivity contribution is 5.76. The number of ether oxygens (including phenoxy) is 1. The zero-order valence-corrected chi connectivity index (χ0v) is 13.9. The zero-order valence-electron chi connectivity index (χ0n) is 13.9. The lowest BCUT2D eigenvalue weighted by atomic mass is 10.2. The van der Waals surface area contributed by atoms with E-state index < -0.39 is 18.5 Å². The van der Waals surface area contributed by atoms with E-state index in [0.717, 1.165) is 10.6 Å². The van der Waals surface area contributed by atoms with Crippen LogP contribution in [-0.4, -0.2) is 34.4 Å². The van der Waals surface area contributed by atoms with Crippen molar-refractivity contribution < 1.29 is 22.3 Å². The molecular weight excluding hydrogens is 370 g/mol. The number of halogens is 4. The number of nitrogens with zero attached hydrogens (tertiary/aromatic N) is 3. The van der Waals surface area contributed by atoms with E-state index in [9.17, 15) is 17.6 Å². The zero-order chi connectivity index (χ0) is 19.8. The maximum Gasteiger partial charge on any atom is 0.405 e. The second-order valence-corrected chi connectivity index (χ2v) is 5.54. The van der Waals surface area contributed by atoms with Gasteiger partial charge in [0.05, 0.1) is 24.7 Å². The lowest BCUT2D eigenvalue weighted by Gasteiger charge is -2.15. The van der Waals surface area contributed by atoms with Crippen LogP contribution in [0, 0.1) is 5.82 Å². The van der Waals surface area contributed by atoms with Crippen molar-refractivity contribution in [3.63, 3.8) is 0 Å². The second-order valence-electron chi connectivity index (χ2n) is 5.54. The molecule has 144 valence electrons. The molecule has 0 saturated carbocycles. The summed E-state index contributed by atoms with van der Waals surface area (Å²) in [5.41, 5.74) is 11.8. The largest absolute Gasteiger partial charge is 0.492 e. The molecule has 3 aromatic rings. The highest BCUT2D eigenvalue weighted by Crippen LogP contribution is 2.33. The molecule has 0 bridgehead atoms. The molecule has 0 aliphatic heterocycles. The molecule has 0 amide bonds. The van der Waals surface area contributed by atoms with Crippen molar-refractivity contribution in [1.82, 2.24) is 14.6 Å².